The molecule has 2 N–H and O–H groups in total. The van der Waals surface area contributed by atoms with Crippen LogP contribution in [0, 0.1) is 0 Å². The minimum absolute atomic E-state index is 0.658. The fourth-order valence-electron chi connectivity index (χ4n) is 1.52. The fraction of sp³-hybridized carbons (Fsp3) is 0.636. The number of nitrogens with zero attached hydrogens (tertiary/aromatic N) is 3. The van der Waals surface area contributed by atoms with Crippen LogP contribution in [0.5, 0.6) is 0 Å². The third-order valence-corrected chi connectivity index (χ3v) is 2.29. The maximum absolute atomic E-state index is 5.58. The standard InChI is InChI=1S/C11H20N4/c1-3-6-15(7-5-12)11-8-10(4-2)13-9-14-11/h8-9H,3-7,12H2,1-2H3. The van der Waals surface area contributed by atoms with E-state index in [1.54, 1.807) is 6.33 Å². The third-order valence-electron chi connectivity index (χ3n) is 2.29. The molecule has 0 aliphatic carbocycles. The van der Waals surface area contributed by atoms with Crippen molar-refractivity contribution in [1.82, 2.24) is 9.97 Å². The Bertz CT molecular complexity index is 282. The van der Waals surface area contributed by atoms with Crippen molar-refractivity contribution in [3.8, 4) is 0 Å². The van der Waals surface area contributed by atoms with Gasteiger partial charge in [0.1, 0.15) is 12.1 Å². The van der Waals surface area contributed by atoms with Crippen LogP contribution >= 0.6 is 0 Å². The summed E-state index contributed by atoms with van der Waals surface area (Å²) in [6.45, 7) is 6.77. The molecular formula is C11H20N4. The molecule has 0 aliphatic heterocycles. The van der Waals surface area contributed by atoms with Crippen molar-refractivity contribution in [3.05, 3.63) is 18.1 Å². The number of aromatic nitrogens is 2. The molecule has 1 aromatic heterocycles. The molecule has 15 heavy (non-hydrogen) atoms. The van der Waals surface area contributed by atoms with Crippen molar-refractivity contribution >= 4 is 5.82 Å². The Hall–Kier alpha value is -1.16. The van der Waals surface area contributed by atoms with Gasteiger partial charge in [-0.25, -0.2) is 9.97 Å². The van der Waals surface area contributed by atoms with Gasteiger partial charge in [0.15, 0.2) is 0 Å². The van der Waals surface area contributed by atoms with E-state index >= 15 is 0 Å². The van der Waals surface area contributed by atoms with Crippen LogP contribution in [0.15, 0.2) is 12.4 Å². The van der Waals surface area contributed by atoms with Crippen LogP contribution < -0.4 is 10.6 Å². The normalized spacial score (nSPS) is 10.3. The molecule has 0 saturated heterocycles. The van der Waals surface area contributed by atoms with Gasteiger partial charge in [-0.15, -0.1) is 0 Å². The van der Waals surface area contributed by atoms with Crippen LogP contribution in [0.4, 0.5) is 5.82 Å². The van der Waals surface area contributed by atoms with Crippen LogP contribution in [-0.2, 0) is 6.42 Å². The average Bonchev–Trinajstić information content (AvgIpc) is 2.29. The van der Waals surface area contributed by atoms with Gasteiger partial charge >= 0.3 is 0 Å². The summed E-state index contributed by atoms with van der Waals surface area (Å²) in [4.78, 5) is 10.7. The molecule has 0 aromatic carbocycles. The van der Waals surface area contributed by atoms with Crippen LogP contribution in [0.1, 0.15) is 26.0 Å². The highest BCUT2D eigenvalue weighted by Crippen LogP contribution is 2.11. The van der Waals surface area contributed by atoms with Crippen molar-refractivity contribution in [2.75, 3.05) is 24.5 Å². The molecule has 0 unspecified atom stereocenters. The molecule has 1 aromatic rings. The van der Waals surface area contributed by atoms with Crippen molar-refractivity contribution in [2.45, 2.75) is 26.7 Å². The first kappa shape index (κ1) is 11.9. The van der Waals surface area contributed by atoms with Crippen LogP contribution in [0.25, 0.3) is 0 Å². The predicted molar refractivity (Wildman–Crippen MR) is 63.0 cm³/mol. The Morgan fingerprint density at radius 1 is 1.27 bits per heavy atom. The molecular weight excluding hydrogens is 188 g/mol. The van der Waals surface area contributed by atoms with E-state index in [-0.39, 0.29) is 0 Å². The summed E-state index contributed by atoms with van der Waals surface area (Å²) < 4.78 is 0. The van der Waals surface area contributed by atoms with E-state index in [2.05, 4.69) is 28.7 Å². The summed E-state index contributed by atoms with van der Waals surface area (Å²) in [5.41, 5.74) is 6.66. The van der Waals surface area contributed by atoms with Gasteiger partial charge in [0.25, 0.3) is 0 Å². The van der Waals surface area contributed by atoms with Crippen molar-refractivity contribution in [1.29, 1.82) is 0 Å². The van der Waals surface area contributed by atoms with Gasteiger partial charge in [0, 0.05) is 31.4 Å². The van der Waals surface area contributed by atoms with E-state index < -0.39 is 0 Å². The largest absolute Gasteiger partial charge is 0.355 e. The monoisotopic (exact) mass is 208 g/mol. The van der Waals surface area contributed by atoms with Crippen LogP contribution in [-0.4, -0.2) is 29.6 Å². The predicted octanol–water partition coefficient (Wildman–Crippen LogP) is 1.21. The molecule has 0 atom stereocenters. The minimum atomic E-state index is 0.658. The second-order valence-corrected chi connectivity index (χ2v) is 3.50. The summed E-state index contributed by atoms with van der Waals surface area (Å²) in [6.07, 6.45) is 3.68. The summed E-state index contributed by atoms with van der Waals surface area (Å²) >= 11 is 0. The lowest BCUT2D eigenvalue weighted by Gasteiger charge is -2.22. The molecule has 1 rings (SSSR count). The van der Waals surface area contributed by atoms with E-state index in [1.165, 1.54) is 0 Å². The maximum atomic E-state index is 5.58. The van der Waals surface area contributed by atoms with Gasteiger partial charge in [-0.05, 0) is 12.8 Å². The number of hydrogen-bond acceptors (Lipinski definition) is 4. The number of anilines is 1. The molecule has 0 bridgehead atoms. The zero-order valence-electron chi connectivity index (χ0n) is 9.61. The Morgan fingerprint density at radius 3 is 2.67 bits per heavy atom. The second kappa shape index (κ2) is 6.35. The number of aryl methyl sites for hydroxylation is 1. The molecule has 4 heteroatoms. The Morgan fingerprint density at radius 2 is 2.07 bits per heavy atom. The third kappa shape index (κ3) is 3.47. The molecule has 0 saturated carbocycles. The van der Waals surface area contributed by atoms with E-state index in [4.69, 9.17) is 5.73 Å². The van der Waals surface area contributed by atoms with Gasteiger partial charge in [0.2, 0.25) is 0 Å². The highest BCUT2D eigenvalue weighted by Gasteiger charge is 2.06. The molecule has 4 nitrogen and oxygen atoms in total. The van der Waals surface area contributed by atoms with Crippen molar-refractivity contribution < 1.29 is 0 Å². The Balaban J connectivity index is 2.79. The van der Waals surface area contributed by atoms with E-state index in [0.717, 1.165) is 37.4 Å². The molecule has 0 amide bonds. The second-order valence-electron chi connectivity index (χ2n) is 3.50. The van der Waals surface area contributed by atoms with Gasteiger partial charge < -0.3 is 10.6 Å². The van der Waals surface area contributed by atoms with Crippen LogP contribution in [0.3, 0.4) is 0 Å². The van der Waals surface area contributed by atoms with E-state index in [1.807, 2.05) is 6.07 Å². The summed E-state index contributed by atoms with van der Waals surface area (Å²) in [6, 6.07) is 2.05. The summed E-state index contributed by atoms with van der Waals surface area (Å²) in [5, 5.41) is 0. The van der Waals surface area contributed by atoms with E-state index in [9.17, 15) is 0 Å². The maximum Gasteiger partial charge on any atom is 0.132 e. The minimum Gasteiger partial charge on any atom is -0.355 e. The average molecular weight is 208 g/mol. The highest BCUT2D eigenvalue weighted by atomic mass is 15.2. The molecule has 0 radical (unpaired) electrons. The number of hydrogen-bond donors (Lipinski definition) is 1. The lowest BCUT2D eigenvalue weighted by Crippen LogP contribution is -2.30. The zero-order chi connectivity index (χ0) is 11.1. The molecule has 0 fully saturated rings. The lowest BCUT2D eigenvalue weighted by atomic mass is 10.3. The Kier molecular flexibility index (Phi) is 5.04. The smallest absolute Gasteiger partial charge is 0.132 e. The highest BCUT2D eigenvalue weighted by molar-refractivity contribution is 5.38. The quantitative estimate of drug-likeness (QED) is 0.763. The zero-order valence-corrected chi connectivity index (χ0v) is 9.61. The molecule has 0 aliphatic rings. The number of rotatable bonds is 6. The SMILES string of the molecule is CCCN(CCN)c1cc(CC)ncn1. The topological polar surface area (TPSA) is 55.0 Å². The molecule has 84 valence electrons. The first-order valence-corrected chi connectivity index (χ1v) is 5.57. The lowest BCUT2D eigenvalue weighted by molar-refractivity contribution is 0.747. The Labute approximate surface area is 91.5 Å². The first-order valence-electron chi connectivity index (χ1n) is 5.57. The van der Waals surface area contributed by atoms with Gasteiger partial charge in [0.05, 0.1) is 0 Å². The number of nitrogens with two attached hydrogens (primary N) is 1. The van der Waals surface area contributed by atoms with Crippen LogP contribution in [0.2, 0.25) is 0 Å². The first-order chi connectivity index (χ1) is 7.31. The summed E-state index contributed by atoms with van der Waals surface area (Å²) in [5.74, 6) is 0.995. The van der Waals surface area contributed by atoms with E-state index in [0.29, 0.717) is 6.54 Å². The summed E-state index contributed by atoms with van der Waals surface area (Å²) in [7, 11) is 0. The van der Waals surface area contributed by atoms with Crippen molar-refractivity contribution in [3.63, 3.8) is 0 Å². The molecule has 1 heterocycles. The van der Waals surface area contributed by atoms with Gasteiger partial charge in [-0.2, -0.15) is 0 Å². The van der Waals surface area contributed by atoms with Crippen molar-refractivity contribution in [2.24, 2.45) is 5.73 Å². The molecule has 0 spiro atoms. The fourth-order valence-corrected chi connectivity index (χ4v) is 1.52. The van der Waals surface area contributed by atoms with Gasteiger partial charge in [-0.3, -0.25) is 0 Å². The van der Waals surface area contributed by atoms with Gasteiger partial charge in [-0.1, -0.05) is 13.8 Å².